The van der Waals surface area contributed by atoms with Crippen LogP contribution in [0.25, 0.3) is 11.0 Å². The minimum Gasteiger partial charge on any atom is -0.381 e. The second kappa shape index (κ2) is 6.69. The van der Waals surface area contributed by atoms with Crippen molar-refractivity contribution in [2.24, 2.45) is 13.0 Å². The number of halogens is 1. The second-order valence-electron chi connectivity index (χ2n) is 7.05. The molecule has 4 rings (SSSR count). The number of ether oxygens (including phenoxy) is 1. The number of fused-ring (bicyclic) bond motifs is 1. The van der Waals surface area contributed by atoms with Gasteiger partial charge in [-0.15, -0.1) is 0 Å². The molecule has 2 fully saturated rings. The van der Waals surface area contributed by atoms with Crippen LogP contribution in [0.15, 0.2) is 18.2 Å². The Bertz CT molecular complexity index is 702. The number of piperidine rings is 1. The van der Waals surface area contributed by atoms with Gasteiger partial charge in [0.1, 0.15) is 5.52 Å². The molecule has 2 aliphatic heterocycles. The molecule has 130 valence electrons. The molecular weight excluding hydrogens is 307 g/mol. The van der Waals surface area contributed by atoms with Gasteiger partial charge in [-0.3, -0.25) is 0 Å². The molecule has 1 N–H and O–H groups in total. The van der Waals surface area contributed by atoms with Crippen LogP contribution in [0, 0.1) is 11.7 Å². The van der Waals surface area contributed by atoms with Gasteiger partial charge < -0.3 is 19.5 Å². The van der Waals surface area contributed by atoms with Crippen molar-refractivity contribution < 1.29 is 9.13 Å². The quantitative estimate of drug-likeness (QED) is 0.935. The van der Waals surface area contributed by atoms with E-state index in [1.165, 1.54) is 12.5 Å². The van der Waals surface area contributed by atoms with E-state index in [9.17, 15) is 4.39 Å². The highest BCUT2D eigenvalue weighted by Gasteiger charge is 2.24. The molecule has 6 heteroatoms. The lowest BCUT2D eigenvalue weighted by atomic mass is 10.0. The second-order valence-corrected chi connectivity index (χ2v) is 7.05. The molecule has 24 heavy (non-hydrogen) atoms. The van der Waals surface area contributed by atoms with Crippen molar-refractivity contribution >= 4 is 17.0 Å². The third kappa shape index (κ3) is 3.13. The Balaban J connectivity index is 1.37. The van der Waals surface area contributed by atoms with Crippen molar-refractivity contribution in [3.05, 3.63) is 24.0 Å². The first-order valence-electron chi connectivity index (χ1n) is 8.88. The maximum atomic E-state index is 13.9. The fourth-order valence-electron chi connectivity index (χ4n) is 3.84. The van der Waals surface area contributed by atoms with Crippen LogP contribution in [0.2, 0.25) is 0 Å². The van der Waals surface area contributed by atoms with Crippen LogP contribution in [-0.2, 0) is 11.8 Å². The highest BCUT2D eigenvalue weighted by Crippen LogP contribution is 2.23. The number of para-hydroxylation sites is 1. The van der Waals surface area contributed by atoms with Gasteiger partial charge in [0.25, 0.3) is 0 Å². The lowest BCUT2D eigenvalue weighted by Crippen LogP contribution is -2.41. The Morgan fingerprint density at radius 1 is 1.29 bits per heavy atom. The zero-order valence-electron chi connectivity index (χ0n) is 14.2. The molecule has 1 aromatic carbocycles. The highest BCUT2D eigenvalue weighted by atomic mass is 19.1. The van der Waals surface area contributed by atoms with Crippen LogP contribution in [0.1, 0.15) is 19.3 Å². The smallest absolute Gasteiger partial charge is 0.203 e. The van der Waals surface area contributed by atoms with Gasteiger partial charge in [0, 0.05) is 39.3 Å². The Hall–Kier alpha value is -1.66. The molecule has 2 aliphatic rings. The predicted octanol–water partition coefficient (Wildman–Crippen LogP) is 2.63. The van der Waals surface area contributed by atoms with Gasteiger partial charge in [-0.2, -0.15) is 0 Å². The number of likely N-dealkylation sites (tertiary alicyclic amines) is 1. The van der Waals surface area contributed by atoms with Crippen LogP contribution in [0.5, 0.6) is 0 Å². The largest absolute Gasteiger partial charge is 0.381 e. The molecule has 0 aliphatic carbocycles. The molecule has 0 saturated carbocycles. The van der Waals surface area contributed by atoms with Crippen LogP contribution in [-0.4, -0.2) is 53.3 Å². The molecule has 3 heterocycles. The zero-order valence-corrected chi connectivity index (χ0v) is 14.2. The fourth-order valence-corrected chi connectivity index (χ4v) is 3.84. The summed E-state index contributed by atoms with van der Waals surface area (Å²) in [5.41, 5.74) is 1.28. The third-order valence-electron chi connectivity index (χ3n) is 5.32. The van der Waals surface area contributed by atoms with Gasteiger partial charge >= 0.3 is 0 Å². The zero-order chi connectivity index (χ0) is 16.5. The highest BCUT2D eigenvalue weighted by molar-refractivity contribution is 5.79. The predicted molar refractivity (Wildman–Crippen MR) is 92.7 cm³/mol. The summed E-state index contributed by atoms with van der Waals surface area (Å²) in [6, 6.07) is 5.50. The van der Waals surface area contributed by atoms with Crippen molar-refractivity contribution in [3.8, 4) is 0 Å². The van der Waals surface area contributed by atoms with E-state index in [4.69, 9.17) is 4.74 Å². The standard InChI is InChI=1S/C18H25FN4O/c1-22-16-4-2-3-15(19)17(16)21-18(22)20-14-5-8-23(9-6-14)11-13-7-10-24-12-13/h2-4,13-14H,5-12H2,1H3,(H,20,21). The average molecular weight is 332 g/mol. The van der Waals surface area contributed by atoms with E-state index < -0.39 is 0 Å². The van der Waals surface area contributed by atoms with E-state index in [-0.39, 0.29) is 5.82 Å². The fraction of sp³-hybridized carbons (Fsp3) is 0.611. The number of hydrogen-bond acceptors (Lipinski definition) is 4. The summed E-state index contributed by atoms with van der Waals surface area (Å²) in [6.45, 7) is 5.21. The number of benzene rings is 1. The molecule has 0 amide bonds. The van der Waals surface area contributed by atoms with E-state index in [1.54, 1.807) is 6.07 Å². The Kier molecular flexibility index (Phi) is 4.41. The Labute approximate surface area is 141 Å². The monoisotopic (exact) mass is 332 g/mol. The molecule has 1 unspecified atom stereocenters. The van der Waals surface area contributed by atoms with E-state index in [0.29, 0.717) is 17.5 Å². The number of rotatable bonds is 4. The van der Waals surface area contributed by atoms with E-state index in [2.05, 4.69) is 15.2 Å². The topological polar surface area (TPSA) is 42.3 Å². The lowest BCUT2D eigenvalue weighted by Gasteiger charge is -2.33. The number of imidazole rings is 1. The molecule has 2 saturated heterocycles. The van der Waals surface area contributed by atoms with Gasteiger partial charge in [0.2, 0.25) is 5.95 Å². The van der Waals surface area contributed by atoms with Gasteiger partial charge in [-0.1, -0.05) is 6.07 Å². The van der Waals surface area contributed by atoms with E-state index >= 15 is 0 Å². The van der Waals surface area contributed by atoms with Gasteiger partial charge in [0.05, 0.1) is 12.1 Å². The van der Waals surface area contributed by atoms with Crippen LogP contribution in [0.3, 0.4) is 0 Å². The molecule has 0 spiro atoms. The summed E-state index contributed by atoms with van der Waals surface area (Å²) >= 11 is 0. The van der Waals surface area contributed by atoms with Gasteiger partial charge in [-0.25, -0.2) is 9.37 Å². The first kappa shape index (κ1) is 15.8. The van der Waals surface area contributed by atoms with Crippen molar-refractivity contribution in [2.75, 3.05) is 38.2 Å². The normalized spacial score (nSPS) is 23.2. The minimum absolute atomic E-state index is 0.259. The first-order valence-corrected chi connectivity index (χ1v) is 8.88. The Morgan fingerprint density at radius 2 is 2.12 bits per heavy atom. The third-order valence-corrected chi connectivity index (χ3v) is 5.32. The van der Waals surface area contributed by atoms with Crippen LogP contribution in [0.4, 0.5) is 10.3 Å². The maximum Gasteiger partial charge on any atom is 0.203 e. The number of anilines is 1. The van der Waals surface area contributed by atoms with Gasteiger partial charge in [0.15, 0.2) is 5.82 Å². The number of aryl methyl sites for hydroxylation is 1. The number of aromatic nitrogens is 2. The van der Waals surface area contributed by atoms with Crippen molar-refractivity contribution in [2.45, 2.75) is 25.3 Å². The first-order chi connectivity index (χ1) is 11.7. The molecule has 5 nitrogen and oxygen atoms in total. The molecular formula is C18H25FN4O. The van der Waals surface area contributed by atoms with Crippen molar-refractivity contribution in [1.82, 2.24) is 14.5 Å². The summed E-state index contributed by atoms with van der Waals surface area (Å²) in [7, 11) is 1.94. The van der Waals surface area contributed by atoms with Crippen molar-refractivity contribution in [3.63, 3.8) is 0 Å². The molecule has 0 bridgehead atoms. The molecule has 1 aromatic heterocycles. The SMILES string of the molecule is Cn1c(NC2CCN(CC3CCOC3)CC2)nc2c(F)cccc21. The molecule has 2 aromatic rings. The molecule has 0 radical (unpaired) electrons. The van der Waals surface area contributed by atoms with Crippen molar-refractivity contribution in [1.29, 1.82) is 0 Å². The summed E-state index contributed by atoms with van der Waals surface area (Å²) in [6.07, 6.45) is 3.39. The average Bonchev–Trinajstić information content (AvgIpc) is 3.20. The summed E-state index contributed by atoms with van der Waals surface area (Å²) < 4.78 is 21.3. The number of hydrogen-bond donors (Lipinski definition) is 1. The van der Waals surface area contributed by atoms with E-state index in [1.807, 2.05) is 17.7 Å². The van der Waals surface area contributed by atoms with Crippen LogP contribution >= 0.6 is 0 Å². The number of nitrogens with one attached hydrogen (secondary N) is 1. The van der Waals surface area contributed by atoms with Gasteiger partial charge in [-0.05, 0) is 37.3 Å². The lowest BCUT2D eigenvalue weighted by molar-refractivity contribution is 0.154. The van der Waals surface area contributed by atoms with E-state index in [0.717, 1.165) is 57.2 Å². The molecule has 1 atom stereocenters. The summed E-state index contributed by atoms with van der Waals surface area (Å²) in [4.78, 5) is 7.00. The summed E-state index contributed by atoms with van der Waals surface area (Å²) in [5, 5.41) is 3.51. The minimum atomic E-state index is -0.259. The van der Waals surface area contributed by atoms with Crippen LogP contribution < -0.4 is 5.32 Å². The summed E-state index contributed by atoms with van der Waals surface area (Å²) in [5.74, 6) is 1.21. The maximum absolute atomic E-state index is 13.9. The Morgan fingerprint density at radius 3 is 2.83 bits per heavy atom. The number of nitrogens with zero attached hydrogens (tertiary/aromatic N) is 3.